The standard InChI is InChI=1S/C22H25ClN2O5S/c1-3-30-22(27)19-11-8-17(13-20(19)23)24-21(26)16-5-4-12-25(14-16)31(28,29)18-9-6-15(2)7-10-18/h6-11,13,16H,3-5,12,14H2,1-2H3,(H,24,26)/t16-/m0/s1. The van der Waals surface area contributed by atoms with Crippen LogP contribution in [0.2, 0.25) is 5.02 Å². The average Bonchev–Trinajstić information content (AvgIpc) is 2.74. The zero-order valence-electron chi connectivity index (χ0n) is 17.4. The van der Waals surface area contributed by atoms with Gasteiger partial charge in [0, 0.05) is 18.8 Å². The zero-order valence-corrected chi connectivity index (χ0v) is 19.0. The van der Waals surface area contributed by atoms with Crippen molar-refractivity contribution < 1.29 is 22.7 Å². The minimum Gasteiger partial charge on any atom is -0.462 e. The predicted molar refractivity (Wildman–Crippen MR) is 119 cm³/mol. The van der Waals surface area contributed by atoms with Crippen molar-refractivity contribution in [3.05, 3.63) is 58.6 Å². The van der Waals surface area contributed by atoms with Crippen LogP contribution in [0.4, 0.5) is 5.69 Å². The number of hydrogen-bond donors (Lipinski definition) is 1. The summed E-state index contributed by atoms with van der Waals surface area (Å²) in [5.41, 5.74) is 1.62. The van der Waals surface area contributed by atoms with Gasteiger partial charge in [0.15, 0.2) is 0 Å². The van der Waals surface area contributed by atoms with Gasteiger partial charge in [-0.1, -0.05) is 29.3 Å². The molecule has 0 aromatic heterocycles. The number of esters is 1. The molecule has 1 aliphatic rings. The number of carbonyl (C=O) groups is 2. The van der Waals surface area contributed by atoms with Gasteiger partial charge in [-0.05, 0) is 57.0 Å². The zero-order chi connectivity index (χ0) is 22.6. The number of anilines is 1. The molecule has 3 rings (SSSR count). The van der Waals surface area contributed by atoms with Crippen LogP contribution < -0.4 is 5.32 Å². The minimum atomic E-state index is -3.66. The van der Waals surface area contributed by atoms with Gasteiger partial charge in [-0.25, -0.2) is 13.2 Å². The number of piperidine rings is 1. The molecule has 2 aromatic carbocycles. The highest BCUT2D eigenvalue weighted by atomic mass is 35.5. The van der Waals surface area contributed by atoms with Gasteiger partial charge in [-0.3, -0.25) is 4.79 Å². The van der Waals surface area contributed by atoms with E-state index in [2.05, 4.69) is 5.32 Å². The largest absolute Gasteiger partial charge is 0.462 e. The van der Waals surface area contributed by atoms with Crippen LogP contribution >= 0.6 is 11.6 Å². The lowest BCUT2D eigenvalue weighted by Gasteiger charge is -2.31. The molecular formula is C22H25ClN2O5S. The topological polar surface area (TPSA) is 92.8 Å². The molecule has 1 aliphatic heterocycles. The third kappa shape index (κ3) is 5.44. The molecule has 31 heavy (non-hydrogen) atoms. The van der Waals surface area contributed by atoms with Gasteiger partial charge in [0.25, 0.3) is 0 Å². The highest BCUT2D eigenvalue weighted by Crippen LogP contribution is 2.26. The number of sulfonamides is 1. The third-order valence-corrected chi connectivity index (χ3v) is 7.34. The van der Waals surface area contributed by atoms with E-state index in [9.17, 15) is 18.0 Å². The number of carbonyl (C=O) groups excluding carboxylic acids is 2. The van der Waals surface area contributed by atoms with Crippen LogP contribution in [0.5, 0.6) is 0 Å². The van der Waals surface area contributed by atoms with E-state index in [0.717, 1.165) is 5.56 Å². The highest BCUT2D eigenvalue weighted by Gasteiger charge is 2.33. The van der Waals surface area contributed by atoms with Crippen LogP contribution in [0.25, 0.3) is 0 Å². The van der Waals surface area contributed by atoms with Crippen molar-refractivity contribution >= 4 is 39.2 Å². The molecule has 0 aliphatic carbocycles. The quantitative estimate of drug-likeness (QED) is 0.655. The number of amides is 1. The Bertz CT molecular complexity index is 1070. The first-order valence-corrected chi connectivity index (χ1v) is 11.9. The second-order valence-corrected chi connectivity index (χ2v) is 9.76. The fourth-order valence-corrected chi connectivity index (χ4v) is 5.23. The molecule has 0 saturated carbocycles. The Hall–Kier alpha value is -2.42. The lowest BCUT2D eigenvalue weighted by molar-refractivity contribution is -0.120. The van der Waals surface area contributed by atoms with E-state index in [0.29, 0.717) is 25.1 Å². The summed E-state index contributed by atoms with van der Waals surface area (Å²) in [5, 5.41) is 2.94. The summed E-state index contributed by atoms with van der Waals surface area (Å²) in [5.74, 6) is -1.31. The second kappa shape index (κ2) is 9.80. The molecule has 1 fully saturated rings. The molecule has 0 radical (unpaired) electrons. The minimum absolute atomic E-state index is 0.108. The number of benzene rings is 2. The lowest BCUT2D eigenvalue weighted by atomic mass is 9.98. The molecule has 166 valence electrons. The first-order valence-electron chi connectivity index (χ1n) is 10.1. The summed E-state index contributed by atoms with van der Waals surface area (Å²) < 4.78 is 32.2. The van der Waals surface area contributed by atoms with E-state index in [1.54, 1.807) is 37.3 Å². The Labute approximate surface area is 187 Å². The smallest absolute Gasteiger partial charge is 0.339 e. The maximum atomic E-state index is 13.0. The van der Waals surface area contributed by atoms with Crippen molar-refractivity contribution in [3.63, 3.8) is 0 Å². The van der Waals surface area contributed by atoms with Crippen molar-refractivity contribution in [2.24, 2.45) is 5.92 Å². The van der Waals surface area contributed by atoms with Gasteiger partial charge in [-0.2, -0.15) is 4.31 Å². The van der Waals surface area contributed by atoms with Gasteiger partial charge < -0.3 is 10.1 Å². The van der Waals surface area contributed by atoms with Crippen LogP contribution in [0, 0.1) is 12.8 Å². The summed E-state index contributed by atoms with van der Waals surface area (Å²) in [7, 11) is -3.66. The Morgan fingerprint density at radius 2 is 1.90 bits per heavy atom. The number of rotatable bonds is 6. The SMILES string of the molecule is CCOC(=O)c1ccc(NC(=O)[C@H]2CCCN(S(=O)(=O)c3ccc(C)cc3)C2)cc1Cl. The van der Waals surface area contributed by atoms with E-state index in [1.165, 1.54) is 16.4 Å². The molecule has 1 amide bonds. The Morgan fingerprint density at radius 3 is 2.55 bits per heavy atom. The maximum absolute atomic E-state index is 13.0. The van der Waals surface area contributed by atoms with Gasteiger partial charge >= 0.3 is 5.97 Å². The van der Waals surface area contributed by atoms with Gasteiger partial charge in [0.1, 0.15) is 0 Å². The summed E-state index contributed by atoms with van der Waals surface area (Å²) in [6, 6.07) is 11.2. The van der Waals surface area contributed by atoms with Crippen LogP contribution in [0.15, 0.2) is 47.4 Å². The van der Waals surface area contributed by atoms with Crippen molar-refractivity contribution in [1.29, 1.82) is 0 Å². The van der Waals surface area contributed by atoms with Gasteiger partial charge in [0.05, 0.1) is 28.0 Å². The molecule has 1 N–H and O–H groups in total. The molecular weight excluding hydrogens is 440 g/mol. The van der Waals surface area contributed by atoms with E-state index >= 15 is 0 Å². The molecule has 1 saturated heterocycles. The molecule has 7 nitrogen and oxygen atoms in total. The lowest BCUT2D eigenvalue weighted by Crippen LogP contribution is -2.43. The van der Waals surface area contributed by atoms with E-state index in [4.69, 9.17) is 16.3 Å². The van der Waals surface area contributed by atoms with E-state index in [-0.39, 0.29) is 34.5 Å². The van der Waals surface area contributed by atoms with Crippen molar-refractivity contribution in [2.45, 2.75) is 31.6 Å². The molecule has 9 heteroatoms. The van der Waals surface area contributed by atoms with Crippen molar-refractivity contribution in [3.8, 4) is 0 Å². The van der Waals surface area contributed by atoms with Crippen molar-refractivity contribution in [1.82, 2.24) is 4.31 Å². The summed E-state index contributed by atoms with van der Waals surface area (Å²) in [6.45, 7) is 4.31. The van der Waals surface area contributed by atoms with Crippen LogP contribution in [0.1, 0.15) is 35.7 Å². The third-order valence-electron chi connectivity index (χ3n) is 5.15. The summed E-state index contributed by atoms with van der Waals surface area (Å²) in [4.78, 5) is 24.9. The Kier molecular flexibility index (Phi) is 7.35. The number of hydrogen-bond acceptors (Lipinski definition) is 5. The predicted octanol–water partition coefficient (Wildman–Crippen LogP) is 3.86. The number of ether oxygens (including phenoxy) is 1. The number of aryl methyl sites for hydroxylation is 1. The highest BCUT2D eigenvalue weighted by molar-refractivity contribution is 7.89. The average molecular weight is 465 g/mol. The molecule has 0 spiro atoms. The van der Waals surface area contributed by atoms with E-state index < -0.39 is 21.9 Å². The molecule has 2 aromatic rings. The monoisotopic (exact) mass is 464 g/mol. The van der Waals surface area contributed by atoms with Crippen LogP contribution in [0.3, 0.4) is 0 Å². The molecule has 1 atom stereocenters. The first kappa shape index (κ1) is 23.2. The fraction of sp³-hybridized carbons (Fsp3) is 0.364. The molecule has 0 unspecified atom stereocenters. The summed E-state index contributed by atoms with van der Waals surface area (Å²) in [6.07, 6.45) is 1.17. The van der Waals surface area contributed by atoms with Crippen LogP contribution in [-0.2, 0) is 19.6 Å². The van der Waals surface area contributed by atoms with Gasteiger partial charge in [-0.15, -0.1) is 0 Å². The maximum Gasteiger partial charge on any atom is 0.339 e. The normalized spacial score (nSPS) is 17.2. The number of halogens is 1. The first-order chi connectivity index (χ1) is 14.7. The number of nitrogens with zero attached hydrogens (tertiary/aromatic N) is 1. The Balaban J connectivity index is 1.69. The summed E-state index contributed by atoms with van der Waals surface area (Å²) >= 11 is 6.15. The molecule has 1 heterocycles. The van der Waals surface area contributed by atoms with Crippen molar-refractivity contribution in [2.75, 3.05) is 25.0 Å². The fourth-order valence-electron chi connectivity index (χ4n) is 3.45. The van der Waals surface area contributed by atoms with Gasteiger partial charge in [0.2, 0.25) is 15.9 Å². The van der Waals surface area contributed by atoms with Crippen LogP contribution in [-0.4, -0.2) is 44.3 Å². The second-order valence-electron chi connectivity index (χ2n) is 7.42. The molecule has 0 bridgehead atoms. The number of nitrogens with one attached hydrogen (secondary N) is 1. The Morgan fingerprint density at radius 1 is 1.19 bits per heavy atom. The van der Waals surface area contributed by atoms with E-state index in [1.807, 2.05) is 6.92 Å².